The number of fused-ring (bicyclic) bond motifs is 1. The molecule has 2 aliphatic rings. The Kier molecular flexibility index (Phi) is 6.45. The van der Waals surface area contributed by atoms with E-state index in [2.05, 4.69) is 4.98 Å². The number of benzene rings is 1. The normalized spacial score (nSPS) is 29.6. The average molecular weight is 443 g/mol. The number of nitrogens with zero attached hydrogens (tertiary/aromatic N) is 1. The van der Waals surface area contributed by atoms with Crippen molar-refractivity contribution in [3.8, 4) is 5.75 Å². The van der Waals surface area contributed by atoms with Gasteiger partial charge in [-0.1, -0.05) is 23.2 Å². The molecule has 0 spiro atoms. The zero-order chi connectivity index (χ0) is 19.7. The number of rotatable bonds is 6. The van der Waals surface area contributed by atoms with Gasteiger partial charge in [-0.05, 0) is 49.7 Å². The van der Waals surface area contributed by atoms with E-state index >= 15 is 0 Å². The first kappa shape index (κ1) is 20.4. The van der Waals surface area contributed by atoms with Crippen molar-refractivity contribution in [1.82, 2.24) is 4.98 Å². The fourth-order valence-electron chi connectivity index (χ4n) is 4.42. The maximum absolute atomic E-state index is 9.22. The van der Waals surface area contributed by atoms with Crippen LogP contribution < -0.4 is 10.5 Å². The van der Waals surface area contributed by atoms with Crippen LogP contribution in [0.25, 0.3) is 0 Å². The van der Waals surface area contributed by atoms with Crippen molar-refractivity contribution >= 4 is 34.5 Å². The van der Waals surface area contributed by atoms with Crippen LogP contribution in [0.5, 0.6) is 5.75 Å². The first-order valence-corrected chi connectivity index (χ1v) is 11.2. The Morgan fingerprint density at radius 1 is 1.29 bits per heavy atom. The SMILES string of the molecule is N[C@@H]1C[C@@H]2OC(c3nc(CO)cs3)CC[C@@H]2C1CCOc1ccc(Cl)c(Cl)c1. The minimum absolute atomic E-state index is 0.0185. The van der Waals surface area contributed by atoms with Crippen LogP contribution in [-0.2, 0) is 11.3 Å². The number of aromatic nitrogens is 1. The second kappa shape index (κ2) is 8.86. The predicted molar refractivity (Wildman–Crippen MR) is 111 cm³/mol. The standard InChI is InChI=1S/C20H24Cl2N2O3S/c21-15-3-1-12(7-16(15)22)26-6-5-13-14-2-4-18(27-19(14)8-17(13)23)20-24-11(9-25)10-28-20/h1,3,7,10,13-14,17-19,25H,2,4-6,8-9,23H2/t13?,14-,17-,18?,19+/m1/s1. The molecule has 5 nitrogen and oxygen atoms in total. The highest BCUT2D eigenvalue weighted by Gasteiger charge is 2.45. The van der Waals surface area contributed by atoms with E-state index in [1.807, 2.05) is 11.4 Å². The monoisotopic (exact) mass is 442 g/mol. The molecule has 1 aliphatic heterocycles. The van der Waals surface area contributed by atoms with Crippen LogP contribution in [0.15, 0.2) is 23.6 Å². The van der Waals surface area contributed by atoms with Crippen LogP contribution in [0.4, 0.5) is 0 Å². The van der Waals surface area contributed by atoms with Gasteiger partial charge in [0, 0.05) is 17.5 Å². The fraction of sp³-hybridized carbons (Fsp3) is 0.550. The Morgan fingerprint density at radius 3 is 2.89 bits per heavy atom. The van der Waals surface area contributed by atoms with Gasteiger partial charge in [0.1, 0.15) is 16.9 Å². The van der Waals surface area contributed by atoms with Crippen molar-refractivity contribution in [2.75, 3.05) is 6.61 Å². The summed E-state index contributed by atoms with van der Waals surface area (Å²) in [6, 6.07) is 5.43. The molecule has 0 bridgehead atoms. The van der Waals surface area contributed by atoms with Gasteiger partial charge in [-0.15, -0.1) is 11.3 Å². The number of hydrogen-bond acceptors (Lipinski definition) is 6. The second-order valence-electron chi connectivity index (χ2n) is 7.52. The molecule has 1 aromatic heterocycles. The third-order valence-electron chi connectivity index (χ3n) is 5.80. The first-order chi connectivity index (χ1) is 13.5. The van der Waals surface area contributed by atoms with Gasteiger partial charge in [0.25, 0.3) is 0 Å². The quantitative estimate of drug-likeness (QED) is 0.683. The van der Waals surface area contributed by atoms with Crippen molar-refractivity contribution in [2.24, 2.45) is 17.6 Å². The Hall–Kier alpha value is -0.890. The molecule has 152 valence electrons. The van der Waals surface area contributed by atoms with Crippen molar-refractivity contribution in [1.29, 1.82) is 0 Å². The molecule has 2 aromatic rings. The molecule has 2 unspecified atom stereocenters. The number of ether oxygens (including phenoxy) is 2. The number of halogens is 2. The Balaban J connectivity index is 1.32. The first-order valence-electron chi connectivity index (χ1n) is 9.59. The molecular weight excluding hydrogens is 419 g/mol. The summed E-state index contributed by atoms with van der Waals surface area (Å²) in [4.78, 5) is 4.47. The van der Waals surface area contributed by atoms with Gasteiger partial charge in [0.15, 0.2) is 0 Å². The van der Waals surface area contributed by atoms with Crippen LogP contribution in [0.2, 0.25) is 10.0 Å². The molecule has 8 heteroatoms. The molecule has 3 N–H and O–H groups in total. The van der Waals surface area contributed by atoms with Crippen LogP contribution in [0.1, 0.15) is 42.5 Å². The largest absolute Gasteiger partial charge is 0.494 e. The summed E-state index contributed by atoms with van der Waals surface area (Å²) < 4.78 is 12.2. The molecule has 4 rings (SSSR count). The van der Waals surface area contributed by atoms with Gasteiger partial charge in [0.2, 0.25) is 0 Å². The molecule has 1 saturated carbocycles. The van der Waals surface area contributed by atoms with Crippen LogP contribution in [0, 0.1) is 11.8 Å². The smallest absolute Gasteiger partial charge is 0.122 e. The third-order valence-corrected chi connectivity index (χ3v) is 7.53. The highest BCUT2D eigenvalue weighted by molar-refractivity contribution is 7.09. The van der Waals surface area contributed by atoms with Crippen molar-refractivity contribution in [3.63, 3.8) is 0 Å². The highest BCUT2D eigenvalue weighted by atomic mass is 35.5. The topological polar surface area (TPSA) is 77.6 Å². The van der Waals surface area contributed by atoms with E-state index in [0.29, 0.717) is 34.2 Å². The number of aliphatic hydroxyl groups is 1. The lowest BCUT2D eigenvalue weighted by Gasteiger charge is -2.34. The van der Waals surface area contributed by atoms with Gasteiger partial charge in [-0.25, -0.2) is 4.98 Å². The molecule has 0 radical (unpaired) electrons. The van der Waals surface area contributed by atoms with Crippen LogP contribution in [0.3, 0.4) is 0 Å². The number of nitrogens with two attached hydrogens (primary N) is 1. The summed E-state index contributed by atoms with van der Waals surface area (Å²) in [5.41, 5.74) is 7.17. The number of aliphatic hydroxyl groups excluding tert-OH is 1. The van der Waals surface area contributed by atoms with E-state index in [-0.39, 0.29) is 24.9 Å². The van der Waals surface area contributed by atoms with Crippen molar-refractivity contribution in [2.45, 2.75) is 50.5 Å². The predicted octanol–water partition coefficient (Wildman–Crippen LogP) is 4.59. The molecule has 1 aliphatic carbocycles. The second-order valence-corrected chi connectivity index (χ2v) is 9.22. The fourth-order valence-corrected chi connectivity index (χ4v) is 5.59. The van der Waals surface area contributed by atoms with Gasteiger partial charge in [-0.2, -0.15) is 0 Å². The summed E-state index contributed by atoms with van der Waals surface area (Å²) in [5, 5.41) is 13.1. The molecule has 28 heavy (non-hydrogen) atoms. The Labute approximate surface area is 178 Å². The van der Waals surface area contributed by atoms with E-state index in [9.17, 15) is 5.11 Å². The van der Waals surface area contributed by atoms with Crippen LogP contribution in [-0.4, -0.2) is 28.8 Å². The summed E-state index contributed by atoms with van der Waals surface area (Å²) in [5.74, 6) is 1.57. The molecule has 5 atom stereocenters. The highest BCUT2D eigenvalue weighted by Crippen LogP contribution is 2.46. The van der Waals surface area contributed by atoms with E-state index in [4.69, 9.17) is 38.4 Å². The molecule has 2 fully saturated rings. The van der Waals surface area contributed by atoms with E-state index in [0.717, 1.165) is 36.4 Å². The van der Waals surface area contributed by atoms with Crippen molar-refractivity contribution < 1.29 is 14.6 Å². The lowest BCUT2D eigenvalue weighted by molar-refractivity contribution is -0.0799. The van der Waals surface area contributed by atoms with Crippen molar-refractivity contribution in [3.05, 3.63) is 44.3 Å². The Morgan fingerprint density at radius 2 is 2.14 bits per heavy atom. The Bertz CT molecular complexity index is 818. The van der Waals surface area contributed by atoms with E-state index in [1.165, 1.54) is 0 Å². The maximum atomic E-state index is 9.22. The zero-order valence-electron chi connectivity index (χ0n) is 15.4. The summed E-state index contributed by atoms with van der Waals surface area (Å²) in [6.07, 6.45) is 3.97. The maximum Gasteiger partial charge on any atom is 0.122 e. The third kappa shape index (κ3) is 4.32. The lowest BCUT2D eigenvalue weighted by Crippen LogP contribution is -2.32. The zero-order valence-corrected chi connectivity index (χ0v) is 17.7. The molecule has 0 amide bonds. The lowest BCUT2D eigenvalue weighted by atomic mass is 9.84. The van der Waals surface area contributed by atoms with Gasteiger partial charge < -0.3 is 20.3 Å². The molecule has 1 aromatic carbocycles. The molecule has 1 saturated heterocycles. The minimum atomic E-state index is -0.0267. The molecular formula is C20H24Cl2N2O3S. The van der Waals surface area contributed by atoms with Crippen LogP contribution >= 0.6 is 34.5 Å². The van der Waals surface area contributed by atoms with E-state index < -0.39 is 0 Å². The number of thiazole rings is 1. The van der Waals surface area contributed by atoms with E-state index in [1.54, 1.807) is 23.5 Å². The summed E-state index contributed by atoms with van der Waals surface area (Å²) in [6.45, 7) is 0.566. The number of hydrogen-bond donors (Lipinski definition) is 2. The summed E-state index contributed by atoms with van der Waals surface area (Å²) >= 11 is 13.6. The van der Waals surface area contributed by atoms with Gasteiger partial charge in [-0.3, -0.25) is 0 Å². The minimum Gasteiger partial charge on any atom is -0.494 e. The molecule has 2 heterocycles. The van der Waals surface area contributed by atoms with Gasteiger partial charge in [0.05, 0.1) is 35.1 Å². The average Bonchev–Trinajstić information content (AvgIpc) is 3.28. The van der Waals surface area contributed by atoms with Gasteiger partial charge >= 0.3 is 0 Å². The summed E-state index contributed by atoms with van der Waals surface area (Å²) in [7, 11) is 0.